The topological polar surface area (TPSA) is 60.0 Å². The summed E-state index contributed by atoms with van der Waals surface area (Å²) in [5.74, 6) is 1.97. The molecule has 0 aliphatic carbocycles. The van der Waals surface area contributed by atoms with E-state index in [2.05, 4.69) is 10.2 Å². The average Bonchev–Trinajstić information content (AvgIpc) is 2.80. The zero-order valence-electron chi connectivity index (χ0n) is 18.5. The summed E-state index contributed by atoms with van der Waals surface area (Å²) >= 11 is 6.44. The Hall–Kier alpha value is -2.44. The Morgan fingerprint density at radius 2 is 2.03 bits per heavy atom. The number of fused-ring (bicyclic) bond motifs is 4. The number of hydrogen-bond acceptors (Lipinski definition) is 5. The number of halogens is 1. The molecular formula is C25H29ClN2O4. The second-order valence-corrected chi connectivity index (χ2v) is 9.60. The van der Waals surface area contributed by atoms with Gasteiger partial charge in [0, 0.05) is 29.1 Å². The lowest BCUT2D eigenvalue weighted by atomic mass is 9.85. The quantitative estimate of drug-likeness (QED) is 0.713. The van der Waals surface area contributed by atoms with E-state index >= 15 is 0 Å². The number of piperidine rings is 3. The minimum absolute atomic E-state index is 0.0158. The van der Waals surface area contributed by atoms with Gasteiger partial charge >= 0.3 is 6.09 Å². The molecule has 6 rings (SSSR count). The summed E-state index contributed by atoms with van der Waals surface area (Å²) in [6, 6.07) is 11.6. The van der Waals surface area contributed by atoms with E-state index in [0.717, 1.165) is 60.7 Å². The second-order valence-electron chi connectivity index (χ2n) is 9.19. The van der Waals surface area contributed by atoms with Gasteiger partial charge in [-0.05, 0) is 68.6 Å². The van der Waals surface area contributed by atoms with Gasteiger partial charge in [-0.3, -0.25) is 4.90 Å². The first-order valence-corrected chi connectivity index (χ1v) is 11.7. The van der Waals surface area contributed by atoms with Crippen LogP contribution in [0, 0.1) is 5.92 Å². The summed E-state index contributed by atoms with van der Waals surface area (Å²) in [7, 11) is 1.63. The van der Waals surface area contributed by atoms with Crippen LogP contribution in [0.4, 0.5) is 4.79 Å². The second kappa shape index (κ2) is 8.49. The van der Waals surface area contributed by atoms with Gasteiger partial charge in [0.05, 0.1) is 19.3 Å². The van der Waals surface area contributed by atoms with E-state index < -0.39 is 5.54 Å². The Balaban J connectivity index is 1.35. The number of rotatable bonds is 4. The monoisotopic (exact) mass is 456 g/mol. The fourth-order valence-electron chi connectivity index (χ4n) is 5.18. The van der Waals surface area contributed by atoms with Crippen LogP contribution in [0.25, 0.3) is 11.1 Å². The Morgan fingerprint density at radius 3 is 2.75 bits per heavy atom. The molecule has 1 N–H and O–H groups in total. The number of nitrogens with one attached hydrogen (secondary N) is 1. The third-order valence-electron chi connectivity index (χ3n) is 7.15. The van der Waals surface area contributed by atoms with Crippen LogP contribution in [0.15, 0.2) is 36.4 Å². The van der Waals surface area contributed by atoms with Crippen molar-refractivity contribution >= 4 is 17.7 Å². The fourth-order valence-corrected chi connectivity index (χ4v) is 5.41. The van der Waals surface area contributed by atoms with E-state index in [1.165, 1.54) is 0 Å². The summed E-state index contributed by atoms with van der Waals surface area (Å²) in [4.78, 5) is 15.2. The molecule has 4 aliphatic heterocycles. The van der Waals surface area contributed by atoms with Crippen LogP contribution in [0.3, 0.4) is 0 Å². The smallest absolute Gasteiger partial charge is 0.408 e. The van der Waals surface area contributed by atoms with Crippen molar-refractivity contribution in [2.75, 3.05) is 33.4 Å². The lowest BCUT2D eigenvalue weighted by molar-refractivity contribution is -0.0358. The van der Waals surface area contributed by atoms with Crippen molar-refractivity contribution in [3.8, 4) is 22.6 Å². The summed E-state index contributed by atoms with van der Waals surface area (Å²) in [6.45, 7) is 5.63. The van der Waals surface area contributed by atoms with E-state index in [9.17, 15) is 4.79 Å². The number of hydrogen-bond donors (Lipinski definition) is 1. The maximum absolute atomic E-state index is 12.9. The standard InChI is InChI=1S/C25H29ClN2O4/c1-25(27-24(29)32-23-15-28-10-7-16(23)8-11-28)9-12-31-22-13-17(3-5-20(22)25)19-14-18(30-2)4-6-21(19)26/h3-6,13-14,16,23H,7-12,15H2,1-2H3,(H,27,29)/t23-,25?/m0/s1. The Kier molecular flexibility index (Phi) is 5.68. The molecule has 0 saturated carbocycles. The van der Waals surface area contributed by atoms with Gasteiger partial charge in [-0.1, -0.05) is 23.7 Å². The van der Waals surface area contributed by atoms with Crippen LogP contribution in [0.2, 0.25) is 5.02 Å². The van der Waals surface area contributed by atoms with Crippen LogP contribution >= 0.6 is 11.6 Å². The summed E-state index contributed by atoms with van der Waals surface area (Å²) in [6.07, 6.45) is 2.54. The van der Waals surface area contributed by atoms with Crippen molar-refractivity contribution in [1.29, 1.82) is 0 Å². The summed E-state index contributed by atoms with van der Waals surface area (Å²) < 4.78 is 17.2. The lowest BCUT2D eigenvalue weighted by Gasteiger charge is -2.44. The van der Waals surface area contributed by atoms with Crippen molar-refractivity contribution in [1.82, 2.24) is 10.2 Å². The minimum Gasteiger partial charge on any atom is -0.497 e. The normalized spacial score (nSPS) is 28.4. The number of methoxy groups -OCH3 is 1. The van der Waals surface area contributed by atoms with E-state index in [1.807, 2.05) is 43.3 Å². The van der Waals surface area contributed by atoms with Gasteiger partial charge in [-0.15, -0.1) is 0 Å². The molecule has 4 heterocycles. The number of nitrogens with zero attached hydrogens (tertiary/aromatic N) is 1. The van der Waals surface area contributed by atoms with Crippen LogP contribution in [0.5, 0.6) is 11.5 Å². The predicted octanol–water partition coefficient (Wildman–Crippen LogP) is 4.83. The van der Waals surface area contributed by atoms with E-state index in [1.54, 1.807) is 7.11 Å². The number of carbonyl (C=O) groups excluding carboxylic acids is 1. The molecule has 32 heavy (non-hydrogen) atoms. The highest BCUT2D eigenvalue weighted by molar-refractivity contribution is 6.33. The molecule has 170 valence electrons. The number of ether oxygens (including phenoxy) is 3. The van der Waals surface area contributed by atoms with Crippen LogP contribution < -0.4 is 14.8 Å². The lowest BCUT2D eigenvalue weighted by Crippen LogP contribution is -2.54. The van der Waals surface area contributed by atoms with Gasteiger partial charge < -0.3 is 19.5 Å². The van der Waals surface area contributed by atoms with Gasteiger partial charge in [-0.25, -0.2) is 4.79 Å². The van der Waals surface area contributed by atoms with E-state index in [4.69, 9.17) is 25.8 Å². The molecule has 0 radical (unpaired) electrons. The Bertz CT molecular complexity index is 1020. The molecule has 1 amide bonds. The van der Waals surface area contributed by atoms with Gasteiger partial charge in [0.2, 0.25) is 0 Å². The van der Waals surface area contributed by atoms with Gasteiger partial charge in [-0.2, -0.15) is 0 Å². The molecule has 3 fully saturated rings. The molecule has 1 unspecified atom stereocenters. The number of carbonyl (C=O) groups is 1. The highest BCUT2D eigenvalue weighted by Crippen LogP contribution is 2.41. The zero-order valence-corrected chi connectivity index (χ0v) is 19.3. The molecule has 0 aromatic heterocycles. The molecule has 0 spiro atoms. The molecule has 2 aromatic carbocycles. The number of benzene rings is 2. The SMILES string of the molecule is COc1ccc(Cl)c(-c2ccc3c(c2)OCCC3(C)NC(=O)O[C@H]2CN3CCC2CC3)c1. The first-order chi connectivity index (χ1) is 15.4. The fraction of sp³-hybridized carbons (Fsp3) is 0.480. The van der Waals surface area contributed by atoms with Crippen molar-refractivity contribution in [2.45, 2.75) is 37.8 Å². The predicted molar refractivity (Wildman–Crippen MR) is 123 cm³/mol. The molecule has 2 bridgehead atoms. The Morgan fingerprint density at radius 1 is 1.22 bits per heavy atom. The van der Waals surface area contributed by atoms with Crippen molar-refractivity contribution in [2.24, 2.45) is 5.92 Å². The molecule has 6 nitrogen and oxygen atoms in total. The molecule has 2 atom stereocenters. The molecule has 3 saturated heterocycles. The van der Waals surface area contributed by atoms with Gasteiger partial charge in [0.15, 0.2) is 0 Å². The first kappa shape index (κ1) is 21.4. The molecule has 7 heteroatoms. The van der Waals surface area contributed by atoms with Crippen LogP contribution in [-0.2, 0) is 10.3 Å². The first-order valence-electron chi connectivity index (χ1n) is 11.3. The molecule has 2 aromatic rings. The maximum atomic E-state index is 12.9. The zero-order chi connectivity index (χ0) is 22.3. The third kappa shape index (κ3) is 4.02. The van der Waals surface area contributed by atoms with Gasteiger partial charge in [0.25, 0.3) is 0 Å². The average molecular weight is 457 g/mol. The van der Waals surface area contributed by atoms with E-state index in [0.29, 0.717) is 24.0 Å². The Labute approximate surface area is 193 Å². The number of amides is 1. The summed E-state index contributed by atoms with van der Waals surface area (Å²) in [5.41, 5.74) is 2.19. The molecular weight excluding hydrogens is 428 g/mol. The van der Waals surface area contributed by atoms with Crippen molar-refractivity contribution < 1.29 is 19.0 Å². The van der Waals surface area contributed by atoms with Crippen LogP contribution in [-0.4, -0.2) is 50.4 Å². The highest BCUT2D eigenvalue weighted by atomic mass is 35.5. The van der Waals surface area contributed by atoms with Crippen molar-refractivity contribution in [3.63, 3.8) is 0 Å². The van der Waals surface area contributed by atoms with Gasteiger partial charge in [0.1, 0.15) is 17.6 Å². The van der Waals surface area contributed by atoms with Crippen molar-refractivity contribution in [3.05, 3.63) is 47.0 Å². The minimum atomic E-state index is -0.560. The largest absolute Gasteiger partial charge is 0.497 e. The maximum Gasteiger partial charge on any atom is 0.408 e. The summed E-state index contributed by atoms with van der Waals surface area (Å²) in [5, 5.41) is 3.78. The highest BCUT2D eigenvalue weighted by Gasteiger charge is 2.39. The molecule has 4 aliphatic rings. The third-order valence-corrected chi connectivity index (χ3v) is 7.48. The van der Waals surface area contributed by atoms with E-state index in [-0.39, 0.29) is 12.2 Å². The van der Waals surface area contributed by atoms with Crippen LogP contribution in [0.1, 0.15) is 31.7 Å². The number of alkyl carbamates (subject to hydrolysis) is 1.